The van der Waals surface area contributed by atoms with Crippen LogP contribution >= 0.6 is 11.3 Å². The Labute approximate surface area is 118 Å². The minimum atomic E-state index is 0.0787. The fourth-order valence-corrected chi connectivity index (χ4v) is 3.01. The molecule has 102 valence electrons. The van der Waals surface area contributed by atoms with Crippen LogP contribution in [0.3, 0.4) is 0 Å². The van der Waals surface area contributed by atoms with E-state index in [1.807, 2.05) is 12.1 Å². The van der Waals surface area contributed by atoms with E-state index < -0.39 is 0 Å². The van der Waals surface area contributed by atoms with E-state index in [0.29, 0.717) is 18.6 Å². The first kappa shape index (κ1) is 14.2. The quantitative estimate of drug-likeness (QED) is 0.899. The summed E-state index contributed by atoms with van der Waals surface area (Å²) in [7, 11) is 0. The minimum absolute atomic E-state index is 0.0787. The summed E-state index contributed by atoms with van der Waals surface area (Å²) in [6.45, 7) is 7.10. The molecule has 0 bridgehead atoms. The fraction of sp³-hybridized carbons (Fsp3) is 0.438. The standard InChI is InChI=1S/C16H21NOS/c1-16(2,3)17-9-8-13(18)10-12-11-19-15-7-5-4-6-14(12)15/h4-7,11,17H,8-10H2,1-3H3. The van der Waals surface area contributed by atoms with Gasteiger partial charge in [0.05, 0.1) is 0 Å². The van der Waals surface area contributed by atoms with Crippen LogP contribution in [0.25, 0.3) is 10.1 Å². The van der Waals surface area contributed by atoms with Gasteiger partial charge in [-0.25, -0.2) is 0 Å². The molecule has 1 N–H and O–H groups in total. The molecule has 0 aliphatic heterocycles. The van der Waals surface area contributed by atoms with Gasteiger partial charge in [-0.15, -0.1) is 11.3 Å². The summed E-state index contributed by atoms with van der Waals surface area (Å²) in [5.74, 6) is 0.306. The number of rotatable bonds is 5. The van der Waals surface area contributed by atoms with Crippen molar-refractivity contribution in [1.82, 2.24) is 5.32 Å². The summed E-state index contributed by atoms with van der Waals surface area (Å²) in [6.07, 6.45) is 1.15. The van der Waals surface area contributed by atoms with Crippen molar-refractivity contribution >= 4 is 27.2 Å². The summed E-state index contributed by atoms with van der Waals surface area (Å²) < 4.78 is 1.26. The highest BCUT2D eigenvalue weighted by Gasteiger charge is 2.11. The Morgan fingerprint density at radius 1 is 1.26 bits per heavy atom. The predicted octanol–water partition coefficient (Wildman–Crippen LogP) is 3.79. The smallest absolute Gasteiger partial charge is 0.138 e. The Morgan fingerprint density at radius 3 is 2.74 bits per heavy atom. The predicted molar refractivity (Wildman–Crippen MR) is 82.9 cm³/mol. The molecule has 0 aliphatic carbocycles. The summed E-state index contributed by atoms with van der Waals surface area (Å²) in [5.41, 5.74) is 1.25. The zero-order valence-corrected chi connectivity index (χ0v) is 12.6. The van der Waals surface area contributed by atoms with E-state index in [1.54, 1.807) is 11.3 Å². The number of nitrogens with one attached hydrogen (secondary N) is 1. The fourth-order valence-electron chi connectivity index (χ4n) is 2.05. The average molecular weight is 275 g/mol. The molecule has 1 heterocycles. The normalized spacial score (nSPS) is 11.9. The lowest BCUT2D eigenvalue weighted by molar-refractivity contribution is -0.118. The molecule has 0 spiro atoms. The van der Waals surface area contributed by atoms with Crippen LogP contribution in [0.1, 0.15) is 32.8 Å². The Balaban J connectivity index is 1.92. The van der Waals surface area contributed by atoms with Crippen LogP contribution in [0.4, 0.5) is 0 Å². The summed E-state index contributed by atoms with van der Waals surface area (Å²) >= 11 is 1.72. The lowest BCUT2D eigenvalue weighted by Gasteiger charge is -2.20. The van der Waals surface area contributed by atoms with Crippen LogP contribution in [0, 0.1) is 0 Å². The van der Waals surface area contributed by atoms with Gasteiger partial charge in [0.15, 0.2) is 0 Å². The molecule has 0 radical (unpaired) electrons. The van der Waals surface area contributed by atoms with Crippen molar-refractivity contribution in [3.63, 3.8) is 0 Å². The zero-order valence-electron chi connectivity index (χ0n) is 11.8. The number of thiophene rings is 1. The number of Topliss-reactive ketones (excluding diaryl/α,β-unsaturated/α-hetero) is 1. The van der Waals surface area contributed by atoms with E-state index >= 15 is 0 Å². The Kier molecular flexibility index (Phi) is 4.38. The van der Waals surface area contributed by atoms with Crippen molar-refractivity contribution in [2.75, 3.05) is 6.54 Å². The van der Waals surface area contributed by atoms with Gasteiger partial charge in [-0.1, -0.05) is 18.2 Å². The van der Waals surface area contributed by atoms with Crippen LogP contribution in [0.15, 0.2) is 29.6 Å². The van der Waals surface area contributed by atoms with E-state index in [2.05, 4.69) is 43.6 Å². The Hall–Kier alpha value is -1.19. The zero-order chi connectivity index (χ0) is 13.9. The molecule has 1 aromatic heterocycles. The lowest BCUT2D eigenvalue weighted by Crippen LogP contribution is -2.37. The van der Waals surface area contributed by atoms with Gasteiger partial charge in [0.2, 0.25) is 0 Å². The minimum Gasteiger partial charge on any atom is -0.312 e. The van der Waals surface area contributed by atoms with Crippen LogP contribution in [0.5, 0.6) is 0 Å². The maximum atomic E-state index is 12.0. The molecule has 0 aliphatic rings. The first-order valence-electron chi connectivity index (χ1n) is 6.67. The van der Waals surface area contributed by atoms with Crippen molar-refractivity contribution in [2.24, 2.45) is 0 Å². The number of ketones is 1. The molecular formula is C16H21NOS. The molecule has 2 rings (SSSR count). The highest BCUT2D eigenvalue weighted by atomic mass is 32.1. The Bertz CT molecular complexity index is 565. The third-order valence-electron chi connectivity index (χ3n) is 3.01. The average Bonchev–Trinajstić information content (AvgIpc) is 2.71. The molecule has 3 heteroatoms. The topological polar surface area (TPSA) is 29.1 Å². The second kappa shape index (κ2) is 5.85. The molecule has 19 heavy (non-hydrogen) atoms. The molecule has 1 aromatic carbocycles. The highest BCUT2D eigenvalue weighted by molar-refractivity contribution is 7.17. The molecule has 0 saturated carbocycles. The Morgan fingerprint density at radius 2 is 2.00 bits per heavy atom. The van der Waals surface area contributed by atoms with Crippen LogP contribution in [-0.2, 0) is 11.2 Å². The number of carbonyl (C=O) groups is 1. The molecule has 0 saturated heterocycles. The molecule has 0 fully saturated rings. The van der Waals surface area contributed by atoms with Gasteiger partial charge >= 0.3 is 0 Å². The van der Waals surface area contributed by atoms with Crippen molar-refractivity contribution < 1.29 is 4.79 Å². The second-order valence-corrected chi connectivity index (χ2v) is 6.81. The van der Waals surface area contributed by atoms with E-state index in [-0.39, 0.29) is 5.54 Å². The molecule has 2 nitrogen and oxygen atoms in total. The third-order valence-corrected chi connectivity index (χ3v) is 4.02. The van der Waals surface area contributed by atoms with E-state index in [1.165, 1.54) is 15.6 Å². The summed E-state index contributed by atoms with van der Waals surface area (Å²) in [5, 5.41) is 6.69. The number of fused-ring (bicyclic) bond motifs is 1. The maximum absolute atomic E-state index is 12.0. The van der Waals surface area contributed by atoms with E-state index in [4.69, 9.17) is 0 Å². The van der Waals surface area contributed by atoms with Crippen molar-refractivity contribution in [2.45, 2.75) is 39.2 Å². The number of carbonyl (C=O) groups excluding carboxylic acids is 1. The number of hydrogen-bond donors (Lipinski definition) is 1. The first-order valence-corrected chi connectivity index (χ1v) is 7.55. The highest BCUT2D eigenvalue weighted by Crippen LogP contribution is 2.26. The van der Waals surface area contributed by atoms with E-state index in [0.717, 1.165) is 6.54 Å². The second-order valence-electron chi connectivity index (χ2n) is 5.90. The molecule has 0 atom stereocenters. The van der Waals surface area contributed by atoms with Crippen molar-refractivity contribution in [3.8, 4) is 0 Å². The maximum Gasteiger partial charge on any atom is 0.138 e. The van der Waals surface area contributed by atoms with Gasteiger partial charge in [0.1, 0.15) is 5.78 Å². The van der Waals surface area contributed by atoms with Crippen molar-refractivity contribution in [3.05, 3.63) is 35.2 Å². The first-order chi connectivity index (χ1) is 8.96. The molecule has 0 amide bonds. The molecule has 0 unspecified atom stereocenters. The van der Waals surface area contributed by atoms with Gasteiger partial charge in [-0.3, -0.25) is 4.79 Å². The van der Waals surface area contributed by atoms with Crippen molar-refractivity contribution in [1.29, 1.82) is 0 Å². The largest absolute Gasteiger partial charge is 0.312 e. The van der Waals surface area contributed by atoms with Gasteiger partial charge in [0, 0.05) is 29.6 Å². The van der Waals surface area contributed by atoms with Crippen LogP contribution < -0.4 is 5.32 Å². The SMILES string of the molecule is CC(C)(C)NCCC(=O)Cc1csc2ccccc12. The summed E-state index contributed by atoms with van der Waals surface area (Å²) in [6, 6.07) is 8.28. The lowest BCUT2D eigenvalue weighted by atomic mass is 10.1. The van der Waals surface area contributed by atoms with Gasteiger partial charge in [-0.05, 0) is 43.2 Å². The van der Waals surface area contributed by atoms with E-state index in [9.17, 15) is 4.79 Å². The molecular weight excluding hydrogens is 254 g/mol. The van der Waals surface area contributed by atoms with Gasteiger partial charge in [0.25, 0.3) is 0 Å². The monoisotopic (exact) mass is 275 g/mol. The van der Waals surface area contributed by atoms with Gasteiger partial charge < -0.3 is 5.32 Å². The summed E-state index contributed by atoms with van der Waals surface area (Å²) in [4.78, 5) is 12.0. The van der Waals surface area contributed by atoms with Gasteiger partial charge in [-0.2, -0.15) is 0 Å². The van der Waals surface area contributed by atoms with Crippen LogP contribution in [0.2, 0.25) is 0 Å². The number of hydrogen-bond acceptors (Lipinski definition) is 3. The molecule has 2 aromatic rings. The van der Waals surface area contributed by atoms with Crippen LogP contribution in [-0.4, -0.2) is 17.9 Å². The number of benzene rings is 1. The third kappa shape index (κ3) is 4.15.